The standard InChI is InChI=1S/C12H17ClFN/c1-3-8(2)12(15)7-9-4-5-10(13)11(14)6-9/h4-6,8,12H,3,7,15H2,1-2H3. The van der Waals surface area contributed by atoms with Gasteiger partial charge in [0.05, 0.1) is 5.02 Å². The lowest BCUT2D eigenvalue weighted by Crippen LogP contribution is -2.30. The SMILES string of the molecule is CCC(C)C(N)Cc1ccc(Cl)c(F)c1. The van der Waals surface area contributed by atoms with Crippen molar-refractivity contribution in [2.75, 3.05) is 0 Å². The van der Waals surface area contributed by atoms with Gasteiger partial charge in [-0.25, -0.2) is 4.39 Å². The van der Waals surface area contributed by atoms with Crippen LogP contribution in [-0.4, -0.2) is 6.04 Å². The van der Waals surface area contributed by atoms with Gasteiger partial charge in [-0.2, -0.15) is 0 Å². The van der Waals surface area contributed by atoms with Gasteiger partial charge >= 0.3 is 0 Å². The van der Waals surface area contributed by atoms with Crippen LogP contribution in [0.5, 0.6) is 0 Å². The van der Waals surface area contributed by atoms with Gasteiger partial charge in [0.2, 0.25) is 0 Å². The monoisotopic (exact) mass is 229 g/mol. The zero-order chi connectivity index (χ0) is 11.4. The number of nitrogens with two attached hydrogens (primary N) is 1. The van der Waals surface area contributed by atoms with Crippen LogP contribution in [0.25, 0.3) is 0 Å². The Hall–Kier alpha value is -0.600. The lowest BCUT2D eigenvalue weighted by atomic mass is 9.94. The summed E-state index contributed by atoms with van der Waals surface area (Å²) < 4.78 is 13.1. The molecule has 0 heterocycles. The largest absolute Gasteiger partial charge is 0.327 e. The summed E-state index contributed by atoms with van der Waals surface area (Å²) in [5.41, 5.74) is 6.90. The molecule has 0 bridgehead atoms. The van der Waals surface area contributed by atoms with Crippen LogP contribution in [0, 0.1) is 11.7 Å². The Balaban J connectivity index is 2.68. The number of rotatable bonds is 4. The molecule has 0 amide bonds. The Labute approximate surface area is 95.4 Å². The van der Waals surface area contributed by atoms with E-state index < -0.39 is 0 Å². The summed E-state index contributed by atoms with van der Waals surface area (Å²) >= 11 is 5.60. The number of hydrogen-bond donors (Lipinski definition) is 1. The summed E-state index contributed by atoms with van der Waals surface area (Å²) in [6.07, 6.45) is 1.74. The summed E-state index contributed by atoms with van der Waals surface area (Å²) in [6, 6.07) is 4.95. The van der Waals surface area contributed by atoms with Gasteiger partial charge in [0.1, 0.15) is 5.82 Å². The van der Waals surface area contributed by atoms with Crippen LogP contribution in [0.3, 0.4) is 0 Å². The van der Waals surface area contributed by atoms with Crippen LogP contribution >= 0.6 is 11.6 Å². The van der Waals surface area contributed by atoms with Crippen molar-refractivity contribution >= 4 is 11.6 Å². The van der Waals surface area contributed by atoms with Crippen molar-refractivity contribution in [3.8, 4) is 0 Å². The van der Waals surface area contributed by atoms with Gasteiger partial charge < -0.3 is 5.73 Å². The first kappa shape index (κ1) is 12.5. The van der Waals surface area contributed by atoms with Gasteiger partial charge in [0, 0.05) is 6.04 Å². The Morgan fingerprint density at radius 2 is 2.13 bits per heavy atom. The topological polar surface area (TPSA) is 26.0 Å². The zero-order valence-corrected chi connectivity index (χ0v) is 9.89. The quantitative estimate of drug-likeness (QED) is 0.842. The average Bonchev–Trinajstić information content (AvgIpc) is 2.22. The third-order valence-electron chi connectivity index (χ3n) is 2.83. The first-order chi connectivity index (χ1) is 7.04. The second-order valence-corrected chi connectivity index (χ2v) is 4.41. The minimum Gasteiger partial charge on any atom is -0.327 e. The average molecular weight is 230 g/mol. The van der Waals surface area contributed by atoms with Gasteiger partial charge in [0.25, 0.3) is 0 Å². The van der Waals surface area contributed by atoms with Gasteiger partial charge in [-0.15, -0.1) is 0 Å². The Morgan fingerprint density at radius 1 is 1.47 bits per heavy atom. The molecule has 1 aromatic carbocycles. The van der Waals surface area contributed by atoms with Gasteiger partial charge in [-0.1, -0.05) is 37.9 Å². The normalized spacial score (nSPS) is 15.0. The Bertz CT molecular complexity index is 327. The summed E-state index contributed by atoms with van der Waals surface area (Å²) in [5, 5.41) is 0.163. The number of halogens is 2. The second-order valence-electron chi connectivity index (χ2n) is 4.00. The van der Waals surface area contributed by atoms with Crippen LogP contribution in [0.15, 0.2) is 18.2 Å². The van der Waals surface area contributed by atoms with E-state index in [1.807, 2.05) is 6.07 Å². The van der Waals surface area contributed by atoms with Crippen LogP contribution in [0.1, 0.15) is 25.8 Å². The van der Waals surface area contributed by atoms with E-state index in [4.69, 9.17) is 17.3 Å². The van der Waals surface area contributed by atoms with Crippen molar-refractivity contribution in [3.05, 3.63) is 34.6 Å². The number of hydrogen-bond acceptors (Lipinski definition) is 1. The third-order valence-corrected chi connectivity index (χ3v) is 3.14. The van der Waals surface area contributed by atoms with Crippen molar-refractivity contribution < 1.29 is 4.39 Å². The fraction of sp³-hybridized carbons (Fsp3) is 0.500. The molecule has 0 saturated heterocycles. The molecule has 84 valence electrons. The van der Waals surface area contributed by atoms with Gasteiger partial charge in [-0.05, 0) is 30.0 Å². The molecule has 0 spiro atoms. The van der Waals surface area contributed by atoms with E-state index in [1.165, 1.54) is 6.07 Å². The maximum Gasteiger partial charge on any atom is 0.142 e. The number of benzene rings is 1. The molecule has 0 radical (unpaired) electrons. The lowest BCUT2D eigenvalue weighted by Gasteiger charge is -2.18. The van der Waals surface area contributed by atoms with E-state index in [0.29, 0.717) is 12.3 Å². The maximum atomic E-state index is 13.1. The summed E-state index contributed by atoms with van der Waals surface area (Å²) in [7, 11) is 0. The van der Waals surface area contributed by atoms with Crippen molar-refractivity contribution in [1.82, 2.24) is 0 Å². The van der Waals surface area contributed by atoms with E-state index in [9.17, 15) is 4.39 Å². The van der Waals surface area contributed by atoms with Crippen LogP contribution in [-0.2, 0) is 6.42 Å². The van der Waals surface area contributed by atoms with E-state index in [-0.39, 0.29) is 16.9 Å². The molecule has 0 saturated carbocycles. The fourth-order valence-electron chi connectivity index (χ4n) is 1.44. The minimum atomic E-state index is -0.370. The molecule has 0 aliphatic heterocycles. The highest BCUT2D eigenvalue weighted by atomic mass is 35.5. The summed E-state index contributed by atoms with van der Waals surface area (Å²) in [4.78, 5) is 0. The predicted octanol–water partition coefficient (Wildman–Crippen LogP) is 3.40. The van der Waals surface area contributed by atoms with Gasteiger partial charge in [0.15, 0.2) is 0 Å². The molecule has 1 nitrogen and oxygen atoms in total. The first-order valence-electron chi connectivity index (χ1n) is 5.24. The van der Waals surface area contributed by atoms with Crippen LogP contribution in [0.4, 0.5) is 4.39 Å². The molecule has 1 aromatic rings. The molecule has 2 atom stereocenters. The second kappa shape index (κ2) is 5.47. The molecular weight excluding hydrogens is 213 g/mol. The molecule has 3 heteroatoms. The Morgan fingerprint density at radius 3 is 2.67 bits per heavy atom. The Kier molecular flexibility index (Phi) is 4.55. The van der Waals surface area contributed by atoms with E-state index in [1.54, 1.807) is 6.07 Å². The molecule has 0 fully saturated rings. The van der Waals surface area contributed by atoms with E-state index in [0.717, 1.165) is 12.0 Å². The van der Waals surface area contributed by atoms with E-state index in [2.05, 4.69) is 13.8 Å². The van der Waals surface area contributed by atoms with Crippen molar-refractivity contribution in [3.63, 3.8) is 0 Å². The highest BCUT2D eigenvalue weighted by Crippen LogP contribution is 2.18. The molecule has 1 rings (SSSR count). The first-order valence-corrected chi connectivity index (χ1v) is 5.62. The third kappa shape index (κ3) is 3.47. The molecule has 15 heavy (non-hydrogen) atoms. The van der Waals surface area contributed by atoms with Crippen molar-refractivity contribution in [2.24, 2.45) is 11.7 Å². The van der Waals surface area contributed by atoms with Crippen LogP contribution in [0.2, 0.25) is 5.02 Å². The highest BCUT2D eigenvalue weighted by molar-refractivity contribution is 6.30. The molecule has 0 aliphatic carbocycles. The van der Waals surface area contributed by atoms with Crippen LogP contribution < -0.4 is 5.73 Å². The summed E-state index contributed by atoms with van der Waals surface area (Å²) in [6.45, 7) is 4.21. The predicted molar refractivity (Wildman–Crippen MR) is 62.5 cm³/mol. The molecule has 2 unspecified atom stereocenters. The summed E-state index contributed by atoms with van der Waals surface area (Å²) in [5.74, 6) is 0.0780. The zero-order valence-electron chi connectivity index (χ0n) is 9.13. The lowest BCUT2D eigenvalue weighted by molar-refractivity contribution is 0.439. The molecule has 2 N–H and O–H groups in total. The molecule has 0 aromatic heterocycles. The molecule has 0 aliphatic rings. The maximum absolute atomic E-state index is 13.1. The molecular formula is C12H17ClFN. The van der Waals surface area contributed by atoms with Crippen molar-refractivity contribution in [1.29, 1.82) is 0 Å². The smallest absolute Gasteiger partial charge is 0.142 e. The van der Waals surface area contributed by atoms with Gasteiger partial charge in [-0.3, -0.25) is 0 Å². The van der Waals surface area contributed by atoms with E-state index >= 15 is 0 Å². The minimum absolute atomic E-state index is 0.0792. The fourth-order valence-corrected chi connectivity index (χ4v) is 1.56. The highest BCUT2D eigenvalue weighted by Gasteiger charge is 2.12. The van der Waals surface area contributed by atoms with Crippen molar-refractivity contribution in [2.45, 2.75) is 32.7 Å².